The van der Waals surface area contributed by atoms with Gasteiger partial charge in [0.1, 0.15) is 36.1 Å². The predicted molar refractivity (Wildman–Crippen MR) is 127 cm³/mol. The molecule has 0 radical (unpaired) electrons. The zero-order chi connectivity index (χ0) is 21.9. The van der Waals surface area contributed by atoms with Gasteiger partial charge in [-0.3, -0.25) is 0 Å². The molecule has 0 amide bonds. The number of halogens is 1. The normalized spacial score (nSPS) is 15.4. The van der Waals surface area contributed by atoms with Crippen molar-refractivity contribution in [1.82, 2.24) is 15.0 Å². The number of benzene rings is 2. The van der Waals surface area contributed by atoms with E-state index < -0.39 is 0 Å². The second kappa shape index (κ2) is 9.10. The molecule has 0 fully saturated rings. The van der Waals surface area contributed by atoms with Crippen LogP contribution in [0.25, 0.3) is 10.9 Å². The van der Waals surface area contributed by atoms with Crippen molar-refractivity contribution in [2.75, 3.05) is 11.9 Å². The number of ether oxygens (including phenoxy) is 2. The van der Waals surface area contributed by atoms with Crippen LogP contribution in [-0.4, -0.2) is 33.5 Å². The van der Waals surface area contributed by atoms with E-state index in [0.29, 0.717) is 36.2 Å². The van der Waals surface area contributed by atoms with Gasteiger partial charge in [0.05, 0.1) is 16.6 Å². The molecule has 0 unspecified atom stereocenters. The summed E-state index contributed by atoms with van der Waals surface area (Å²) in [6, 6.07) is 11.9. The van der Waals surface area contributed by atoms with Crippen molar-refractivity contribution in [2.45, 2.75) is 26.0 Å². The van der Waals surface area contributed by atoms with Gasteiger partial charge in [-0.2, -0.15) is 0 Å². The molecule has 0 saturated heterocycles. The highest BCUT2D eigenvalue weighted by molar-refractivity contribution is 7.09. The van der Waals surface area contributed by atoms with Crippen LogP contribution < -0.4 is 10.1 Å². The third-order valence-electron chi connectivity index (χ3n) is 4.94. The van der Waals surface area contributed by atoms with Gasteiger partial charge in [0.25, 0.3) is 0 Å². The quantitative estimate of drug-likeness (QED) is 0.392. The minimum Gasteiger partial charge on any atom is -0.485 e. The highest BCUT2D eigenvalue weighted by atomic mass is 35.5. The highest BCUT2D eigenvalue weighted by Crippen LogP contribution is 2.31. The van der Waals surface area contributed by atoms with Crippen molar-refractivity contribution in [3.05, 3.63) is 69.9 Å². The summed E-state index contributed by atoms with van der Waals surface area (Å²) in [4.78, 5) is 17.6. The summed E-state index contributed by atoms with van der Waals surface area (Å²) >= 11 is 7.99. The molecule has 2 aromatic heterocycles. The van der Waals surface area contributed by atoms with Crippen molar-refractivity contribution in [1.29, 1.82) is 0 Å². The van der Waals surface area contributed by atoms with Crippen LogP contribution in [0.15, 0.2) is 59.3 Å². The number of nitrogens with zero attached hydrogens (tertiary/aromatic N) is 4. The number of hydrogen-bond donors (Lipinski definition) is 1. The molecule has 1 aliphatic rings. The Morgan fingerprint density at radius 1 is 1.19 bits per heavy atom. The number of aromatic nitrogens is 3. The number of nitrogens with one attached hydrogen (secondary N) is 1. The molecule has 2 aromatic carbocycles. The van der Waals surface area contributed by atoms with Crippen molar-refractivity contribution >= 4 is 51.2 Å². The Morgan fingerprint density at radius 3 is 2.91 bits per heavy atom. The van der Waals surface area contributed by atoms with Crippen LogP contribution in [-0.2, 0) is 17.8 Å². The van der Waals surface area contributed by atoms with E-state index >= 15 is 0 Å². The Morgan fingerprint density at radius 2 is 2.12 bits per heavy atom. The number of aliphatic imine (C=N–C) groups is 1. The first-order valence-electron chi connectivity index (χ1n) is 10.1. The van der Waals surface area contributed by atoms with Crippen molar-refractivity contribution in [2.24, 2.45) is 4.99 Å². The third kappa shape index (κ3) is 4.66. The van der Waals surface area contributed by atoms with Gasteiger partial charge in [0.2, 0.25) is 0 Å². The van der Waals surface area contributed by atoms with Gasteiger partial charge in [-0.15, -0.1) is 11.3 Å². The molecule has 4 aromatic rings. The van der Waals surface area contributed by atoms with Crippen molar-refractivity contribution in [3.8, 4) is 5.75 Å². The molecule has 1 atom stereocenters. The molecule has 7 nitrogen and oxygen atoms in total. The van der Waals surface area contributed by atoms with E-state index in [4.69, 9.17) is 21.1 Å². The molecule has 32 heavy (non-hydrogen) atoms. The van der Waals surface area contributed by atoms with E-state index in [1.807, 2.05) is 42.6 Å². The number of fused-ring (bicyclic) bond motifs is 1. The molecule has 1 N–H and O–H groups in total. The molecule has 0 saturated carbocycles. The number of rotatable bonds is 7. The Labute approximate surface area is 194 Å². The maximum atomic E-state index is 6.44. The molecule has 0 bridgehead atoms. The molecular formula is C23H20ClN5O2S. The van der Waals surface area contributed by atoms with Gasteiger partial charge in [0.15, 0.2) is 5.90 Å². The van der Waals surface area contributed by atoms with Gasteiger partial charge in [-0.1, -0.05) is 17.7 Å². The predicted octanol–water partition coefficient (Wildman–Crippen LogP) is 5.42. The third-order valence-corrected chi connectivity index (χ3v) is 5.99. The molecule has 3 heterocycles. The molecule has 162 valence electrons. The van der Waals surface area contributed by atoms with Crippen LogP contribution in [0.4, 0.5) is 11.5 Å². The van der Waals surface area contributed by atoms with Gasteiger partial charge in [0, 0.05) is 29.1 Å². The number of anilines is 2. The second-order valence-electron chi connectivity index (χ2n) is 7.42. The average Bonchev–Trinajstić information content (AvgIpc) is 3.45. The van der Waals surface area contributed by atoms with E-state index in [1.165, 1.54) is 0 Å². The van der Waals surface area contributed by atoms with Crippen LogP contribution in [0.3, 0.4) is 0 Å². The first-order valence-corrected chi connectivity index (χ1v) is 11.4. The summed E-state index contributed by atoms with van der Waals surface area (Å²) in [6.45, 7) is 3.07. The van der Waals surface area contributed by atoms with Crippen LogP contribution in [0.5, 0.6) is 5.75 Å². The zero-order valence-corrected chi connectivity index (χ0v) is 18.9. The van der Waals surface area contributed by atoms with E-state index in [1.54, 1.807) is 23.9 Å². The fraction of sp³-hybridized carbons (Fsp3) is 0.217. The van der Waals surface area contributed by atoms with E-state index in [0.717, 1.165) is 33.1 Å². The lowest BCUT2D eigenvalue weighted by molar-refractivity contribution is 0.306. The first kappa shape index (κ1) is 20.7. The van der Waals surface area contributed by atoms with E-state index in [9.17, 15) is 0 Å². The molecular weight excluding hydrogens is 446 g/mol. The summed E-state index contributed by atoms with van der Waals surface area (Å²) < 4.78 is 11.4. The van der Waals surface area contributed by atoms with Gasteiger partial charge >= 0.3 is 0 Å². The van der Waals surface area contributed by atoms with Crippen LogP contribution in [0, 0.1) is 0 Å². The lowest BCUT2D eigenvalue weighted by atomic mass is 10.1. The Balaban J connectivity index is 1.35. The topological polar surface area (TPSA) is 81.5 Å². The maximum Gasteiger partial charge on any atom is 0.188 e. The monoisotopic (exact) mass is 465 g/mol. The lowest BCUT2D eigenvalue weighted by Crippen LogP contribution is -2.04. The van der Waals surface area contributed by atoms with Gasteiger partial charge < -0.3 is 14.8 Å². The lowest BCUT2D eigenvalue weighted by Gasteiger charge is -2.12. The summed E-state index contributed by atoms with van der Waals surface area (Å²) in [5.41, 5.74) is 2.75. The van der Waals surface area contributed by atoms with Crippen molar-refractivity contribution < 1.29 is 9.47 Å². The van der Waals surface area contributed by atoms with Crippen LogP contribution in [0.2, 0.25) is 5.02 Å². The molecule has 9 heteroatoms. The summed E-state index contributed by atoms with van der Waals surface area (Å²) in [5, 5.41) is 7.59. The summed E-state index contributed by atoms with van der Waals surface area (Å²) in [6.07, 6.45) is 3.94. The van der Waals surface area contributed by atoms with Crippen LogP contribution in [0.1, 0.15) is 17.5 Å². The Bertz CT molecular complexity index is 1280. The second-order valence-corrected chi connectivity index (χ2v) is 8.80. The summed E-state index contributed by atoms with van der Waals surface area (Å²) in [5.74, 6) is 2.07. The van der Waals surface area contributed by atoms with Crippen LogP contribution >= 0.6 is 22.9 Å². The fourth-order valence-electron chi connectivity index (χ4n) is 3.42. The summed E-state index contributed by atoms with van der Waals surface area (Å²) in [7, 11) is 0. The van der Waals surface area contributed by atoms with Crippen molar-refractivity contribution in [3.63, 3.8) is 0 Å². The zero-order valence-electron chi connectivity index (χ0n) is 17.3. The van der Waals surface area contributed by atoms with Gasteiger partial charge in [-0.05, 0) is 42.8 Å². The number of thiazole rings is 1. The van der Waals surface area contributed by atoms with Gasteiger partial charge in [-0.25, -0.2) is 19.9 Å². The molecule has 5 rings (SSSR count). The Kier molecular flexibility index (Phi) is 5.87. The molecule has 0 spiro atoms. The average molecular weight is 466 g/mol. The smallest absolute Gasteiger partial charge is 0.188 e. The SMILES string of the molecule is C[C@@H]1COC(Cc2ccc3ncnc(Nc4ccc(OCc5nccs5)c(Cl)c4)c3c2)=N1. The maximum absolute atomic E-state index is 6.44. The largest absolute Gasteiger partial charge is 0.485 e. The highest BCUT2D eigenvalue weighted by Gasteiger charge is 2.15. The van der Waals surface area contributed by atoms with E-state index in [-0.39, 0.29) is 6.04 Å². The first-order chi connectivity index (χ1) is 15.6. The minimum absolute atomic E-state index is 0.212. The molecule has 1 aliphatic heterocycles. The fourth-order valence-corrected chi connectivity index (χ4v) is 4.18. The molecule has 0 aliphatic carbocycles. The minimum atomic E-state index is 0.212. The standard InChI is InChI=1S/C23H20ClN5O2S/c1-14-11-31-21(28-14)9-15-2-4-19-17(8-15)23(27-13-26-19)29-16-3-5-20(18(24)10-16)30-12-22-25-6-7-32-22/h2-8,10,13-14H,9,11-12H2,1H3,(H,26,27,29)/t14-/m1/s1. The number of hydrogen-bond acceptors (Lipinski definition) is 8. The van der Waals surface area contributed by atoms with E-state index in [2.05, 4.69) is 31.3 Å². The Hall–Kier alpha value is -3.23.